The maximum Gasteiger partial charge on any atom is 0.319 e. The van der Waals surface area contributed by atoms with Crippen LogP contribution in [0.15, 0.2) is 48.5 Å². The maximum absolute atomic E-state index is 13.0. The Bertz CT molecular complexity index is 910. The topological polar surface area (TPSA) is 98.7 Å². The molecule has 0 saturated carbocycles. The summed E-state index contributed by atoms with van der Waals surface area (Å²) in [7, 11) is 0. The first-order chi connectivity index (χ1) is 13.3. The van der Waals surface area contributed by atoms with Gasteiger partial charge in [-0.15, -0.1) is 0 Å². The first-order valence-corrected chi connectivity index (χ1v) is 9.12. The number of nitrogens with zero attached hydrogens (tertiary/aromatic N) is 1. The third-order valence-electron chi connectivity index (χ3n) is 4.57. The number of nitrogens with one attached hydrogen (secondary N) is 2. The number of urea groups is 1. The minimum absolute atomic E-state index is 0.00816. The number of rotatable bonds is 4. The molecule has 1 heterocycles. The van der Waals surface area contributed by atoms with Gasteiger partial charge in [-0.3, -0.25) is 9.59 Å². The van der Waals surface area contributed by atoms with Crippen LogP contribution < -0.4 is 10.6 Å². The molecule has 3 N–H and O–H groups in total. The lowest BCUT2D eigenvalue weighted by Crippen LogP contribution is -2.40. The lowest BCUT2D eigenvalue weighted by atomic mass is 9.89. The van der Waals surface area contributed by atoms with Crippen molar-refractivity contribution in [3.8, 4) is 0 Å². The Hall–Kier alpha value is -3.35. The second kappa shape index (κ2) is 8.12. The summed E-state index contributed by atoms with van der Waals surface area (Å²) in [5.74, 6) is -1.98. The standard InChI is InChI=1S/C21H23N3O4/c1-13(2)22-21(28)23-16-8-5-7-14(10-16)19(25)24-11-15-6-3-4-9-17(15)18(12-24)20(26)27/h3-10,13,18H,11-12H2,1-2H3,(H,26,27)(H2,22,23,28). The van der Waals surface area contributed by atoms with Gasteiger partial charge >= 0.3 is 12.0 Å². The Morgan fingerprint density at radius 2 is 1.86 bits per heavy atom. The van der Waals surface area contributed by atoms with Crippen LogP contribution in [-0.4, -0.2) is 40.5 Å². The van der Waals surface area contributed by atoms with Crippen LogP contribution in [0.3, 0.4) is 0 Å². The zero-order chi connectivity index (χ0) is 20.3. The predicted molar refractivity (Wildman–Crippen MR) is 105 cm³/mol. The van der Waals surface area contributed by atoms with Crippen LogP contribution in [0, 0.1) is 0 Å². The van der Waals surface area contributed by atoms with Crippen LogP contribution in [0.4, 0.5) is 10.5 Å². The maximum atomic E-state index is 13.0. The highest BCUT2D eigenvalue weighted by atomic mass is 16.4. The van der Waals surface area contributed by atoms with E-state index in [1.165, 1.54) is 4.90 Å². The van der Waals surface area contributed by atoms with E-state index in [9.17, 15) is 19.5 Å². The smallest absolute Gasteiger partial charge is 0.319 e. The van der Waals surface area contributed by atoms with Crippen molar-refractivity contribution in [2.24, 2.45) is 0 Å². The number of carboxylic acids is 1. The number of benzene rings is 2. The van der Waals surface area contributed by atoms with E-state index in [2.05, 4.69) is 10.6 Å². The van der Waals surface area contributed by atoms with Crippen LogP contribution in [-0.2, 0) is 11.3 Å². The Morgan fingerprint density at radius 1 is 1.11 bits per heavy atom. The fraction of sp³-hybridized carbons (Fsp3) is 0.286. The number of hydrogen-bond donors (Lipinski definition) is 3. The molecule has 0 aromatic heterocycles. The molecule has 1 aliphatic rings. The molecule has 3 rings (SSSR count). The van der Waals surface area contributed by atoms with Gasteiger partial charge in [0.05, 0.1) is 5.92 Å². The average molecular weight is 381 g/mol. The molecule has 0 radical (unpaired) electrons. The van der Waals surface area contributed by atoms with E-state index in [0.29, 0.717) is 17.8 Å². The van der Waals surface area contributed by atoms with Gasteiger partial charge in [-0.1, -0.05) is 30.3 Å². The van der Waals surface area contributed by atoms with Crippen LogP contribution >= 0.6 is 0 Å². The minimum Gasteiger partial charge on any atom is -0.481 e. The van der Waals surface area contributed by atoms with Gasteiger partial charge in [-0.05, 0) is 43.2 Å². The summed E-state index contributed by atoms with van der Waals surface area (Å²) >= 11 is 0. The molecule has 0 spiro atoms. The molecule has 7 nitrogen and oxygen atoms in total. The van der Waals surface area contributed by atoms with Crippen LogP contribution in [0.1, 0.15) is 41.3 Å². The Morgan fingerprint density at radius 3 is 2.57 bits per heavy atom. The van der Waals surface area contributed by atoms with Crippen molar-refractivity contribution in [1.82, 2.24) is 10.2 Å². The molecule has 0 saturated heterocycles. The largest absolute Gasteiger partial charge is 0.481 e. The van der Waals surface area contributed by atoms with E-state index in [1.54, 1.807) is 30.3 Å². The normalized spacial score (nSPS) is 15.7. The Balaban J connectivity index is 1.80. The van der Waals surface area contributed by atoms with Crippen molar-refractivity contribution in [1.29, 1.82) is 0 Å². The lowest BCUT2D eigenvalue weighted by Gasteiger charge is -2.33. The third-order valence-corrected chi connectivity index (χ3v) is 4.57. The quantitative estimate of drug-likeness (QED) is 0.758. The zero-order valence-electron chi connectivity index (χ0n) is 15.8. The fourth-order valence-electron chi connectivity index (χ4n) is 3.31. The molecule has 1 atom stereocenters. The summed E-state index contributed by atoms with van der Waals surface area (Å²) in [6, 6.07) is 13.6. The second-order valence-corrected chi connectivity index (χ2v) is 7.11. The van der Waals surface area contributed by atoms with Gasteiger partial charge in [0.15, 0.2) is 0 Å². The molecule has 3 amide bonds. The molecule has 28 heavy (non-hydrogen) atoms. The third kappa shape index (κ3) is 4.31. The zero-order valence-corrected chi connectivity index (χ0v) is 15.8. The highest BCUT2D eigenvalue weighted by molar-refractivity contribution is 5.97. The Labute approximate surface area is 163 Å². The number of carboxylic acid groups (broad SMARTS) is 1. The second-order valence-electron chi connectivity index (χ2n) is 7.11. The van der Waals surface area contributed by atoms with Gasteiger partial charge in [-0.2, -0.15) is 0 Å². The molecule has 7 heteroatoms. The number of amides is 3. The summed E-state index contributed by atoms with van der Waals surface area (Å²) in [6.07, 6.45) is 0. The van der Waals surface area contributed by atoms with E-state index in [0.717, 1.165) is 11.1 Å². The molecule has 0 aliphatic carbocycles. The van der Waals surface area contributed by atoms with E-state index in [-0.39, 0.29) is 24.5 Å². The summed E-state index contributed by atoms with van der Waals surface area (Å²) in [6.45, 7) is 4.17. The summed E-state index contributed by atoms with van der Waals surface area (Å²) in [5.41, 5.74) is 2.47. The van der Waals surface area contributed by atoms with Crippen LogP contribution in [0.2, 0.25) is 0 Å². The van der Waals surface area contributed by atoms with Crippen LogP contribution in [0.5, 0.6) is 0 Å². The van der Waals surface area contributed by atoms with E-state index >= 15 is 0 Å². The van der Waals surface area contributed by atoms with Gasteiger partial charge in [-0.25, -0.2) is 4.79 Å². The van der Waals surface area contributed by atoms with E-state index < -0.39 is 11.9 Å². The molecule has 2 aromatic carbocycles. The number of carbonyl (C=O) groups is 3. The van der Waals surface area contributed by atoms with E-state index in [1.807, 2.05) is 32.0 Å². The molecule has 1 unspecified atom stereocenters. The molecule has 0 fully saturated rings. The first kappa shape index (κ1) is 19.4. The average Bonchev–Trinajstić information content (AvgIpc) is 2.65. The number of hydrogen-bond acceptors (Lipinski definition) is 3. The fourth-order valence-corrected chi connectivity index (χ4v) is 3.31. The van der Waals surface area contributed by atoms with Crippen molar-refractivity contribution < 1.29 is 19.5 Å². The monoisotopic (exact) mass is 381 g/mol. The van der Waals surface area contributed by atoms with Crippen molar-refractivity contribution >= 4 is 23.6 Å². The highest BCUT2D eigenvalue weighted by Crippen LogP contribution is 2.29. The minimum atomic E-state index is -0.953. The predicted octanol–water partition coefficient (Wildman–Crippen LogP) is 3.04. The molecule has 0 bridgehead atoms. The van der Waals surface area contributed by atoms with Gasteiger partial charge < -0.3 is 20.6 Å². The van der Waals surface area contributed by atoms with Gasteiger partial charge in [0, 0.05) is 30.4 Å². The van der Waals surface area contributed by atoms with E-state index in [4.69, 9.17) is 0 Å². The van der Waals surface area contributed by atoms with Gasteiger partial charge in [0.2, 0.25) is 0 Å². The lowest BCUT2D eigenvalue weighted by molar-refractivity contribution is -0.139. The number of fused-ring (bicyclic) bond motifs is 1. The van der Waals surface area contributed by atoms with Gasteiger partial charge in [0.1, 0.15) is 0 Å². The number of anilines is 1. The molecular weight excluding hydrogens is 358 g/mol. The SMILES string of the molecule is CC(C)NC(=O)Nc1cccc(C(=O)N2Cc3ccccc3C(C(=O)O)C2)c1. The summed E-state index contributed by atoms with van der Waals surface area (Å²) in [4.78, 5) is 38.1. The van der Waals surface area contributed by atoms with Gasteiger partial charge in [0.25, 0.3) is 5.91 Å². The summed E-state index contributed by atoms with van der Waals surface area (Å²) in [5, 5.41) is 15.0. The number of carbonyl (C=O) groups excluding carboxylic acids is 2. The molecule has 2 aromatic rings. The molecular formula is C21H23N3O4. The van der Waals surface area contributed by atoms with Crippen molar-refractivity contribution in [2.45, 2.75) is 32.4 Å². The van der Waals surface area contributed by atoms with Crippen molar-refractivity contribution in [2.75, 3.05) is 11.9 Å². The van der Waals surface area contributed by atoms with Crippen LogP contribution in [0.25, 0.3) is 0 Å². The first-order valence-electron chi connectivity index (χ1n) is 9.12. The van der Waals surface area contributed by atoms with Crippen molar-refractivity contribution in [3.63, 3.8) is 0 Å². The summed E-state index contributed by atoms with van der Waals surface area (Å²) < 4.78 is 0. The number of aliphatic carboxylic acids is 1. The Kier molecular flexibility index (Phi) is 5.63. The molecule has 146 valence electrons. The molecule has 1 aliphatic heterocycles. The highest BCUT2D eigenvalue weighted by Gasteiger charge is 2.32. The van der Waals surface area contributed by atoms with Crippen molar-refractivity contribution in [3.05, 3.63) is 65.2 Å².